The lowest BCUT2D eigenvalue weighted by Gasteiger charge is -2.13. The minimum absolute atomic E-state index is 0.557. The Bertz CT molecular complexity index is 458. The zero-order valence-corrected chi connectivity index (χ0v) is 29.2. The van der Waals surface area contributed by atoms with Crippen LogP contribution in [0.15, 0.2) is 24.3 Å². The van der Waals surface area contributed by atoms with E-state index < -0.39 is 0 Å². The van der Waals surface area contributed by atoms with Crippen molar-refractivity contribution in [1.29, 1.82) is 0 Å². The molecule has 0 spiro atoms. The van der Waals surface area contributed by atoms with E-state index >= 15 is 0 Å². The summed E-state index contributed by atoms with van der Waals surface area (Å²) in [4.78, 5) is 0. The highest BCUT2D eigenvalue weighted by Crippen LogP contribution is 2.20. The summed E-state index contributed by atoms with van der Waals surface area (Å²) in [6.07, 6.45) is 45.1. The first-order valence-electron chi connectivity index (χ1n) is 17.4. The van der Waals surface area contributed by atoms with Crippen LogP contribution in [0.1, 0.15) is 181 Å². The fourth-order valence-electron chi connectivity index (χ4n) is 5.05. The van der Waals surface area contributed by atoms with Crippen molar-refractivity contribution >= 4 is 37.0 Å². The molecule has 0 nitrogen and oxygen atoms in total. The molecule has 0 aromatic heterocycles. The molecule has 0 saturated carbocycles. The molecule has 0 aromatic rings. The first-order chi connectivity index (χ1) is 19.2. The van der Waals surface area contributed by atoms with Gasteiger partial charge in [-0.15, -0.1) is 0 Å². The van der Waals surface area contributed by atoms with Crippen LogP contribution < -0.4 is 0 Å². The Labute approximate surface area is 263 Å². The minimum Gasteiger partial charge on any atom is -0.175 e. The molecule has 0 radical (unpaired) electrons. The smallest absolute Gasteiger partial charge is 0.0107 e. The van der Waals surface area contributed by atoms with Crippen LogP contribution in [0.5, 0.6) is 0 Å². The van der Waals surface area contributed by atoms with E-state index in [1.165, 1.54) is 178 Å². The summed E-state index contributed by atoms with van der Waals surface area (Å²) < 4.78 is 0. The molecule has 0 aromatic carbocycles. The predicted octanol–water partition coefficient (Wildman–Crippen LogP) is 13.6. The van der Waals surface area contributed by atoms with Gasteiger partial charge in [-0.2, -0.15) is 37.0 Å². The van der Waals surface area contributed by atoms with Gasteiger partial charge in [0.25, 0.3) is 0 Å². The lowest BCUT2D eigenvalue weighted by atomic mass is 10.1. The quantitative estimate of drug-likeness (QED) is 0.0441. The lowest BCUT2D eigenvalue weighted by molar-refractivity contribution is 0.608. The third kappa shape index (κ3) is 34.6. The van der Waals surface area contributed by atoms with Crippen molar-refractivity contribution in [3.05, 3.63) is 24.3 Å². The molecular formula is C36H70S3. The zero-order chi connectivity index (χ0) is 28.5. The second-order valence-corrected chi connectivity index (χ2v) is 14.4. The standard InChI is InChI=1S/C36H70S3/c1-3-5-7-9-11-13-15-17-19-21-23-25-27-29-31-35(37)33-39-34-36(38)32-30-28-26-24-22-20-18-16-14-12-10-8-6-4-2/h17-20,35-38H,3-16,21-34H2,1-2H3/b19-17-,20-18-. The molecule has 232 valence electrons. The molecular weight excluding hydrogens is 529 g/mol. The lowest BCUT2D eigenvalue weighted by Crippen LogP contribution is -2.08. The molecule has 39 heavy (non-hydrogen) atoms. The average molecular weight is 599 g/mol. The maximum Gasteiger partial charge on any atom is 0.0107 e. The predicted molar refractivity (Wildman–Crippen MR) is 193 cm³/mol. The summed E-state index contributed by atoms with van der Waals surface area (Å²) in [7, 11) is 0. The van der Waals surface area contributed by atoms with Gasteiger partial charge in [0.05, 0.1) is 0 Å². The maximum absolute atomic E-state index is 4.85. The van der Waals surface area contributed by atoms with E-state index in [1.54, 1.807) is 0 Å². The Hall–Kier alpha value is 0.530. The van der Waals surface area contributed by atoms with E-state index in [9.17, 15) is 0 Å². The summed E-state index contributed by atoms with van der Waals surface area (Å²) in [6.45, 7) is 4.58. The first kappa shape index (κ1) is 39.5. The van der Waals surface area contributed by atoms with E-state index in [0.29, 0.717) is 10.5 Å². The van der Waals surface area contributed by atoms with Gasteiger partial charge in [0.1, 0.15) is 0 Å². The molecule has 0 saturated heterocycles. The van der Waals surface area contributed by atoms with Crippen molar-refractivity contribution in [2.75, 3.05) is 11.5 Å². The van der Waals surface area contributed by atoms with Gasteiger partial charge in [-0.25, -0.2) is 0 Å². The van der Waals surface area contributed by atoms with E-state index in [1.807, 2.05) is 0 Å². The van der Waals surface area contributed by atoms with Crippen LogP contribution in [0, 0.1) is 0 Å². The van der Waals surface area contributed by atoms with Crippen molar-refractivity contribution in [2.24, 2.45) is 0 Å². The van der Waals surface area contributed by atoms with E-state index in [0.717, 1.165) is 0 Å². The molecule has 0 N–H and O–H groups in total. The molecule has 0 aliphatic carbocycles. The highest BCUT2D eigenvalue weighted by molar-refractivity contribution is 8.00. The van der Waals surface area contributed by atoms with Crippen LogP contribution in [-0.2, 0) is 0 Å². The van der Waals surface area contributed by atoms with Gasteiger partial charge in [0.2, 0.25) is 0 Å². The van der Waals surface area contributed by atoms with Crippen LogP contribution in [-0.4, -0.2) is 22.0 Å². The van der Waals surface area contributed by atoms with Crippen molar-refractivity contribution in [1.82, 2.24) is 0 Å². The summed E-state index contributed by atoms with van der Waals surface area (Å²) in [5.74, 6) is 2.37. The average Bonchev–Trinajstić information content (AvgIpc) is 2.93. The first-order valence-corrected chi connectivity index (χ1v) is 19.6. The van der Waals surface area contributed by atoms with Crippen LogP contribution >= 0.6 is 37.0 Å². The molecule has 3 heteroatoms. The van der Waals surface area contributed by atoms with Gasteiger partial charge in [-0.3, -0.25) is 0 Å². The normalized spacial score (nSPS) is 13.6. The Morgan fingerprint density at radius 2 is 0.692 bits per heavy atom. The van der Waals surface area contributed by atoms with Crippen molar-refractivity contribution in [2.45, 2.75) is 191 Å². The number of hydrogen-bond donors (Lipinski definition) is 2. The zero-order valence-electron chi connectivity index (χ0n) is 26.6. The summed E-state index contributed by atoms with van der Waals surface area (Å²) in [6, 6.07) is 0. The number of thioether (sulfide) groups is 1. The summed E-state index contributed by atoms with van der Waals surface area (Å²) in [5.41, 5.74) is 0. The number of rotatable bonds is 32. The number of hydrogen-bond acceptors (Lipinski definition) is 3. The van der Waals surface area contributed by atoms with Crippen molar-refractivity contribution < 1.29 is 0 Å². The van der Waals surface area contributed by atoms with E-state index in [2.05, 4.69) is 49.9 Å². The number of unbranched alkanes of at least 4 members (excludes halogenated alkanes) is 20. The monoisotopic (exact) mass is 598 g/mol. The Balaban J connectivity index is 3.35. The van der Waals surface area contributed by atoms with Crippen molar-refractivity contribution in [3.8, 4) is 0 Å². The Kier molecular flexibility index (Phi) is 35.2. The van der Waals surface area contributed by atoms with Crippen LogP contribution in [0.3, 0.4) is 0 Å². The Morgan fingerprint density at radius 3 is 1.03 bits per heavy atom. The minimum atomic E-state index is 0.557. The SMILES string of the molecule is CCCCCCCC/C=C\CCCCCCC(S)CSCC(S)CCCCCC/C=C\CCCCCCCC. The molecule has 0 rings (SSSR count). The van der Waals surface area contributed by atoms with E-state index in [4.69, 9.17) is 25.3 Å². The van der Waals surface area contributed by atoms with Gasteiger partial charge in [-0.1, -0.05) is 141 Å². The highest BCUT2D eigenvalue weighted by atomic mass is 32.2. The van der Waals surface area contributed by atoms with Crippen LogP contribution in [0.25, 0.3) is 0 Å². The molecule has 0 aliphatic rings. The van der Waals surface area contributed by atoms with Crippen LogP contribution in [0.2, 0.25) is 0 Å². The van der Waals surface area contributed by atoms with Gasteiger partial charge in [-0.05, 0) is 64.2 Å². The number of thiol groups is 2. The molecule has 0 aliphatic heterocycles. The molecule has 0 heterocycles. The molecule has 2 unspecified atom stereocenters. The molecule has 2 atom stereocenters. The maximum atomic E-state index is 4.85. The summed E-state index contributed by atoms with van der Waals surface area (Å²) in [5, 5.41) is 1.11. The fraction of sp³-hybridized carbons (Fsp3) is 0.889. The second kappa shape index (κ2) is 34.7. The Morgan fingerprint density at radius 1 is 0.410 bits per heavy atom. The molecule has 0 bridgehead atoms. The third-order valence-electron chi connectivity index (χ3n) is 7.72. The third-order valence-corrected chi connectivity index (χ3v) is 10.4. The number of allylic oxidation sites excluding steroid dienone is 4. The van der Waals surface area contributed by atoms with Gasteiger partial charge in [0.15, 0.2) is 0 Å². The van der Waals surface area contributed by atoms with E-state index in [-0.39, 0.29) is 0 Å². The largest absolute Gasteiger partial charge is 0.175 e. The van der Waals surface area contributed by atoms with Crippen molar-refractivity contribution in [3.63, 3.8) is 0 Å². The van der Waals surface area contributed by atoms with Crippen LogP contribution in [0.4, 0.5) is 0 Å². The molecule has 0 amide bonds. The van der Waals surface area contributed by atoms with Gasteiger partial charge < -0.3 is 0 Å². The van der Waals surface area contributed by atoms with Gasteiger partial charge >= 0.3 is 0 Å². The molecule has 0 fully saturated rings. The topological polar surface area (TPSA) is 0 Å². The van der Waals surface area contributed by atoms with Gasteiger partial charge in [0, 0.05) is 22.0 Å². The highest BCUT2D eigenvalue weighted by Gasteiger charge is 2.07. The summed E-state index contributed by atoms with van der Waals surface area (Å²) >= 11 is 11.8. The second-order valence-electron chi connectivity index (χ2n) is 11.9. The fourth-order valence-corrected chi connectivity index (χ4v) is 7.07.